The zero-order valence-corrected chi connectivity index (χ0v) is 5.61. The van der Waals surface area contributed by atoms with E-state index < -0.39 is 0 Å². The lowest BCUT2D eigenvalue weighted by Crippen LogP contribution is -2.02. The van der Waals surface area contributed by atoms with Crippen molar-refractivity contribution in [3.05, 3.63) is 23.8 Å². The van der Waals surface area contributed by atoms with Crippen LogP contribution in [0, 0.1) is 0 Å². The average Bonchev–Trinajstić information content (AvgIpc) is 1.59. The SMILES string of the molecule is C=C1CC(=O)C=C(C)C1. The quantitative estimate of drug-likeness (QED) is 0.448. The van der Waals surface area contributed by atoms with E-state index >= 15 is 0 Å². The number of rotatable bonds is 0. The maximum Gasteiger partial charge on any atom is 0.159 e. The summed E-state index contributed by atoms with van der Waals surface area (Å²) in [5.74, 6) is 0.198. The highest BCUT2D eigenvalue weighted by molar-refractivity contribution is 5.93. The molecule has 9 heavy (non-hydrogen) atoms. The zero-order chi connectivity index (χ0) is 6.85. The highest BCUT2D eigenvalue weighted by Gasteiger charge is 2.08. The molecule has 0 saturated heterocycles. The van der Waals surface area contributed by atoms with Crippen LogP contribution in [0.2, 0.25) is 0 Å². The van der Waals surface area contributed by atoms with Crippen molar-refractivity contribution in [2.75, 3.05) is 0 Å². The lowest BCUT2D eigenvalue weighted by atomic mass is 9.96. The summed E-state index contributed by atoms with van der Waals surface area (Å²) in [6, 6.07) is 0. The second kappa shape index (κ2) is 2.18. The Morgan fingerprint density at radius 3 is 2.67 bits per heavy atom. The Kier molecular flexibility index (Phi) is 1.52. The van der Waals surface area contributed by atoms with Crippen molar-refractivity contribution in [3.63, 3.8) is 0 Å². The van der Waals surface area contributed by atoms with E-state index in [1.54, 1.807) is 6.08 Å². The van der Waals surface area contributed by atoms with E-state index in [1.807, 2.05) is 6.92 Å². The van der Waals surface area contributed by atoms with Crippen LogP contribution in [0.15, 0.2) is 23.8 Å². The molecule has 0 aliphatic heterocycles. The Morgan fingerprint density at radius 2 is 2.22 bits per heavy atom. The summed E-state index contributed by atoms with van der Waals surface area (Å²) < 4.78 is 0. The topological polar surface area (TPSA) is 17.1 Å². The van der Waals surface area contributed by atoms with Crippen LogP contribution >= 0.6 is 0 Å². The van der Waals surface area contributed by atoms with Crippen LogP contribution in [0.25, 0.3) is 0 Å². The first kappa shape index (κ1) is 6.27. The largest absolute Gasteiger partial charge is 0.295 e. The molecular formula is C8H10O. The second-order valence-electron chi connectivity index (χ2n) is 2.56. The average molecular weight is 122 g/mol. The van der Waals surface area contributed by atoms with Gasteiger partial charge in [0.05, 0.1) is 0 Å². The third-order valence-corrected chi connectivity index (χ3v) is 1.36. The predicted octanol–water partition coefficient (Wildman–Crippen LogP) is 1.85. The molecule has 0 spiro atoms. The fourth-order valence-electron chi connectivity index (χ4n) is 1.08. The molecule has 0 fully saturated rings. The van der Waals surface area contributed by atoms with Gasteiger partial charge in [-0.1, -0.05) is 17.7 Å². The number of allylic oxidation sites excluding steroid dienone is 3. The van der Waals surface area contributed by atoms with Gasteiger partial charge >= 0.3 is 0 Å². The number of hydrogen-bond donors (Lipinski definition) is 0. The first-order valence-corrected chi connectivity index (χ1v) is 3.05. The highest BCUT2D eigenvalue weighted by atomic mass is 16.1. The molecule has 1 aliphatic carbocycles. The van der Waals surface area contributed by atoms with Gasteiger partial charge in [-0.3, -0.25) is 4.79 Å². The minimum absolute atomic E-state index is 0.198. The summed E-state index contributed by atoms with van der Waals surface area (Å²) in [5, 5.41) is 0. The first-order valence-electron chi connectivity index (χ1n) is 3.05. The zero-order valence-electron chi connectivity index (χ0n) is 5.61. The first-order chi connectivity index (χ1) is 4.18. The highest BCUT2D eigenvalue weighted by Crippen LogP contribution is 2.18. The molecule has 1 heteroatoms. The molecule has 0 atom stereocenters. The molecular weight excluding hydrogens is 112 g/mol. The van der Waals surface area contributed by atoms with Gasteiger partial charge in [-0.2, -0.15) is 0 Å². The standard InChI is InChI=1S/C8H10O/c1-6-3-7(2)5-8(9)4-6/h5H,1,3-4H2,2H3. The van der Waals surface area contributed by atoms with Crippen molar-refractivity contribution < 1.29 is 4.79 Å². The Labute approximate surface area is 55.1 Å². The van der Waals surface area contributed by atoms with E-state index in [1.165, 1.54) is 0 Å². The Bertz CT molecular complexity index is 187. The molecule has 1 rings (SSSR count). The van der Waals surface area contributed by atoms with E-state index in [-0.39, 0.29) is 5.78 Å². The molecule has 0 amide bonds. The summed E-state index contributed by atoms with van der Waals surface area (Å²) in [6.45, 7) is 5.71. The van der Waals surface area contributed by atoms with Crippen LogP contribution in [-0.2, 0) is 4.79 Å². The monoisotopic (exact) mass is 122 g/mol. The van der Waals surface area contributed by atoms with Crippen molar-refractivity contribution in [2.45, 2.75) is 19.8 Å². The van der Waals surface area contributed by atoms with Crippen LogP contribution < -0.4 is 0 Å². The minimum Gasteiger partial charge on any atom is -0.295 e. The van der Waals surface area contributed by atoms with E-state index in [4.69, 9.17) is 0 Å². The number of carbonyl (C=O) groups is 1. The second-order valence-corrected chi connectivity index (χ2v) is 2.56. The third kappa shape index (κ3) is 1.53. The molecule has 0 unspecified atom stereocenters. The summed E-state index contributed by atoms with van der Waals surface area (Å²) in [4.78, 5) is 10.7. The van der Waals surface area contributed by atoms with Gasteiger partial charge in [-0.25, -0.2) is 0 Å². The van der Waals surface area contributed by atoms with Crippen LogP contribution in [0.5, 0.6) is 0 Å². The minimum atomic E-state index is 0.198. The fourth-order valence-corrected chi connectivity index (χ4v) is 1.08. The molecule has 0 radical (unpaired) electrons. The molecule has 0 saturated carbocycles. The molecule has 0 aromatic rings. The van der Waals surface area contributed by atoms with E-state index in [0.29, 0.717) is 6.42 Å². The van der Waals surface area contributed by atoms with Gasteiger partial charge in [0, 0.05) is 6.42 Å². The van der Waals surface area contributed by atoms with Crippen molar-refractivity contribution in [3.8, 4) is 0 Å². The lowest BCUT2D eigenvalue weighted by Gasteiger charge is -2.09. The van der Waals surface area contributed by atoms with Crippen molar-refractivity contribution in [1.29, 1.82) is 0 Å². The molecule has 0 N–H and O–H groups in total. The van der Waals surface area contributed by atoms with E-state index in [0.717, 1.165) is 17.6 Å². The molecule has 1 nitrogen and oxygen atoms in total. The number of carbonyl (C=O) groups excluding carboxylic acids is 1. The third-order valence-electron chi connectivity index (χ3n) is 1.36. The molecule has 48 valence electrons. The van der Waals surface area contributed by atoms with Gasteiger partial charge in [-0.05, 0) is 19.4 Å². The van der Waals surface area contributed by atoms with E-state index in [2.05, 4.69) is 6.58 Å². The predicted molar refractivity (Wildman–Crippen MR) is 37.1 cm³/mol. The Balaban J connectivity index is 2.79. The summed E-state index contributed by atoms with van der Waals surface area (Å²) >= 11 is 0. The van der Waals surface area contributed by atoms with Gasteiger partial charge in [0.25, 0.3) is 0 Å². The van der Waals surface area contributed by atoms with Crippen LogP contribution in [-0.4, -0.2) is 5.78 Å². The van der Waals surface area contributed by atoms with E-state index in [9.17, 15) is 4.79 Å². The summed E-state index contributed by atoms with van der Waals surface area (Å²) in [5.41, 5.74) is 2.18. The molecule has 0 aromatic heterocycles. The number of hydrogen-bond acceptors (Lipinski definition) is 1. The van der Waals surface area contributed by atoms with Crippen molar-refractivity contribution >= 4 is 5.78 Å². The van der Waals surface area contributed by atoms with Crippen LogP contribution in [0.3, 0.4) is 0 Å². The van der Waals surface area contributed by atoms with Gasteiger partial charge < -0.3 is 0 Å². The van der Waals surface area contributed by atoms with Gasteiger partial charge in [0.1, 0.15) is 0 Å². The Morgan fingerprint density at radius 1 is 1.56 bits per heavy atom. The molecule has 1 aliphatic rings. The fraction of sp³-hybridized carbons (Fsp3) is 0.375. The summed E-state index contributed by atoms with van der Waals surface area (Å²) in [7, 11) is 0. The van der Waals surface area contributed by atoms with Gasteiger partial charge in [0.2, 0.25) is 0 Å². The van der Waals surface area contributed by atoms with Crippen molar-refractivity contribution in [2.24, 2.45) is 0 Å². The summed E-state index contributed by atoms with van der Waals surface area (Å²) in [6.07, 6.45) is 3.16. The molecule has 0 bridgehead atoms. The van der Waals surface area contributed by atoms with Gasteiger partial charge in [-0.15, -0.1) is 0 Å². The number of ketones is 1. The van der Waals surface area contributed by atoms with Crippen LogP contribution in [0.1, 0.15) is 19.8 Å². The maximum absolute atomic E-state index is 10.7. The molecule has 0 heterocycles. The van der Waals surface area contributed by atoms with Crippen LogP contribution in [0.4, 0.5) is 0 Å². The maximum atomic E-state index is 10.7. The Hall–Kier alpha value is -0.850. The van der Waals surface area contributed by atoms with Gasteiger partial charge in [0.15, 0.2) is 5.78 Å². The van der Waals surface area contributed by atoms with Crippen molar-refractivity contribution in [1.82, 2.24) is 0 Å². The molecule has 0 aromatic carbocycles. The normalized spacial score (nSPS) is 19.9. The lowest BCUT2D eigenvalue weighted by molar-refractivity contribution is -0.114. The smallest absolute Gasteiger partial charge is 0.159 e.